The van der Waals surface area contributed by atoms with Gasteiger partial charge in [-0.05, 0) is 36.5 Å². The summed E-state index contributed by atoms with van der Waals surface area (Å²) >= 11 is 0. The highest BCUT2D eigenvalue weighted by Crippen LogP contribution is 2.13. The molecule has 2 aromatic rings. The molecule has 0 fully saturated rings. The molecule has 0 radical (unpaired) electrons. The molecule has 7 nitrogen and oxygen atoms in total. The number of rotatable bonds is 4. The molecule has 0 aromatic heterocycles. The van der Waals surface area contributed by atoms with Gasteiger partial charge >= 0.3 is 0 Å². The van der Waals surface area contributed by atoms with E-state index in [-0.39, 0.29) is 19.1 Å². The lowest BCUT2D eigenvalue weighted by molar-refractivity contribution is -0.139. The van der Waals surface area contributed by atoms with E-state index in [0.29, 0.717) is 38.2 Å². The summed E-state index contributed by atoms with van der Waals surface area (Å²) in [6.45, 7) is 1.97. The third-order valence-corrected chi connectivity index (χ3v) is 5.06. The standard InChI is InChI=1S/C24H28N2O5/c27-22(24(29)25-16-18-8-2-1-3-9-18)21-12-6-7-13-30-14-15-31-17-19-10-4-5-11-20(19)23(28)26-21/h1-5,8-11,21H,6-7,12-17H2,(H,25,29)(H,26,28). The highest BCUT2D eigenvalue weighted by Gasteiger charge is 2.27. The topological polar surface area (TPSA) is 93.7 Å². The fraction of sp³-hybridized carbons (Fsp3) is 0.375. The first kappa shape index (κ1) is 22.7. The molecule has 2 amide bonds. The first-order valence-corrected chi connectivity index (χ1v) is 10.6. The molecule has 7 heteroatoms. The summed E-state index contributed by atoms with van der Waals surface area (Å²) in [4.78, 5) is 38.2. The van der Waals surface area contributed by atoms with Gasteiger partial charge in [-0.25, -0.2) is 0 Å². The Bertz CT molecular complexity index is 885. The van der Waals surface area contributed by atoms with E-state index in [2.05, 4.69) is 10.6 Å². The summed E-state index contributed by atoms with van der Waals surface area (Å²) in [6, 6.07) is 15.5. The van der Waals surface area contributed by atoms with Gasteiger partial charge in [-0.1, -0.05) is 48.5 Å². The average molecular weight is 424 g/mol. The lowest BCUT2D eigenvalue weighted by atomic mass is 10.0. The summed E-state index contributed by atoms with van der Waals surface area (Å²) < 4.78 is 11.1. The summed E-state index contributed by atoms with van der Waals surface area (Å²) in [7, 11) is 0. The highest BCUT2D eigenvalue weighted by atomic mass is 16.5. The van der Waals surface area contributed by atoms with Crippen molar-refractivity contribution in [2.75, 3.05) is 19.8 Å². The molecular formula is C24H28N2O5. The number of benzene rings is 2. The van der Waals surface area contributed by atoms with Crippen LogP contribution >= 0.6 is 0 Å². The van der Waals surface area contributed by atoms with Gasteiger partial charge in [0.05, 0.1) is 25.9 Å². The Labute approximate surface area is 182 Å². The van der Waals surface area contributed by atoms with Gasteiger partial charge in [-0.2, -0.15) is 0 Å². The van der Waals surface area contributed by atoms with Crippen LogP contribution in [0.1, 0.15) is 40.7 Å². The first-order valence-electron chi connectivity index (χ1n) is 10.6. The van der Waals surface area contributed by atoms with E-state index >= 15 is 0 Å². The minimum Gasteiger partial charge on any atom is -0.379 e. The molecule has 0 aliphatic carbocycles. The van der Waals surface area contributed by atoms with E-state index in [1.807, 2.05) is 42.5 Å². The van der Waals surface area contributed by atoms with Crippen molar-refractivity contribution in [3.63, 3.8) is 0 Å². The summed E-state index contributed by atoms with van der Waals surface area (Å²) in [5.74, 6) is -1.74. The molecule has 0 saturated carbocycles. The molecular weight excluding hydrogens is 396 g/mol. The number of hydrogen-bond acceptors (Lipinski definition) is 5. The molecule has 1 aliphatic rings. The van der Waals surface area contributed by atoms with Crippen LogP contribution in [0.3, 0.4) is 0 Å². The molecule has 164 valence electrons. The molecule has 0 bridgehead atoms. The molecule has 0 saturated heterocycles. The number of fused-ring (bicyclic) bond motifs is 1. The van der Waals surface area contributed by atoms with Crippen molar-refractivity contribution in [2.24, 2.45) is 0 Å². The molecule has 0 spiro atoms. The smallest absolute Gasteiger partial charge is 0.289 e. The Balaban J connectivity index is 1.70. The quantitative estimate of drug-likeness (QED) is 0.735. The summed E-state index contributed by atoms with van der Waals surface area (Å²) in [5.41, 5.74) is 2.05. The van der Waals surface area contributed by atoms with Crippen molar-refractivity contribution >= 4 is 17.6 Å². The van der Waals surface area contributed by atoms with Gasteiger partial charge in [-0.3, -0.25) is 14.4 Å². The number of carbonyl (C=O) groups is 3. The van der Waals surface area contributed by atoms with Gasteiger partial charge in [0.2, 0.25) is 5.78 Å². The van der Waals surface area contributed by atoms with E-state index in [0.717, 1.165) is 17.5 Å². The predicted molar refractivity (Wildman–Crippen MR) is 115 cm³/mol. The Morgan fingerprint density at radius 1 is 0.935 bits per heavy atom. The van der Waals surface area contributed by atoms with Crippen molar-refractivity contribution < 1.29 is 23.9 Å². The molecule has 31 heavy (non-hydrogen) atoms. The van der Waals surface area contributed by atoms with Gasteiger partial charge in [0.1, 0.15) is 0 Å². The van der Waals surface area contributed by atoms with Crippen molar-refractivity contribution in [1.82, 2.24) is 10.6 Å². The molecule has 1 heterocycles. The maximum absolute atomic E-state index is 12.9. The van der Waals surface area contributed by atoms with Crippen LogP contribution in [0.15, 0.2) is 54.6 Å². The number of Topliss-reactive ketones (excluding diaryl/α,β-unsaturated/α-hetero) is 1. The third-order valence-electron chi connectivity index (χ3n) is 5.06. The second kappa shape index (κ2) is 12.0. The van der Waals surface area contributed by atoms with Crippen LogP contribution in [0, 0.1) is 0 Å². The fourth-order valence-electron chi connectivity index (χ4n) is 3.35. The van der Waals surface area contributed by atoms with E-state index in [1.165, 1.54) is 0 Å². The zero-order valence-corrected chi connectivity index (χ0v) is 17.5. The lowest BCUT2D eigenvalue weighted by Crippen LogP contribution is -2.47. The SMILES string of the molecule is O=C(NCc1ccccc1)C(=O)C1CCCCOCCOCc2ccccc2C(=O)N1. The van der Waals surface area contributed by atoms with Crippen LogP contribution in [-0.2, 0) is 32.2 Å². The fourth-order valence-corrected chi connectivity index (χ4v) is 3.35. The lowest BCUT2D eigenvalue weighted by Gasteiger charge is -2.19. The Hall–Kier alpha value is -3.03. The number of nitrogens with one attached hydrogen (secondary N) is 2. The number of amides is 2. The second-order valence-electron chi connectivity index (χ2n) is 7.38. The molecule has 3 rings (SSSR count). The first-order chi connectivity index (χ1) is 15.1. The Kier molecular flexibility index (Phi) is 8.75. The third kappa shape index (κ3) is 7.01. The van der Waals surface area contributed by atoms with Crippen molar-refractivity contribution in [3.05, 3.63) is 71.3 Å². The van der Waals surface area contributed by atoms with E-state index in [9.17, 15) is 14.4 Å². The van der Waals surface area contributed by atoms with E-state index in [1.54, 1.807) is 12.1 Å². The number of carbonyl (C=O) groups excluding carboxylic acids is 3. The normalized spacial score (nSPS) is 18.2. The largest absolute Gasteiger partial charge is 0.379 e. The van der Waals surface area contributed by atoms with Crippen LogP contribution in [0.25, 0.3) is 0 Å². The predicted octanol–water partition coefficient (Wildman–Crippen LogP) is 2.39. The van der Waals surface area contributed by atoms with Gasteiger partial charge in [0.25, 0.3) is 11.8 Å². The van der Waals surface area contributed by atoms with E-state index in [4.69, 9.17) is 9.47 Å². The van der Waals surface area contributed by atoms with Crippen LogP contribution in [-0.4, -0.2) is 43.5 Å². The molecule has 1 aliphatic heterocycles. The second-order valence-corrected chi connectivity index (χ2v) is 7.38. The zero-order chi connectivity index (χ0) is 21.9. The van der Waals surface area contributed by atoms with Gasteiger partial charge in [0.15, 0.2) is 0 Å². The average Bonchev–Trinajstić information content (AvgIpc) is 2.80. The Morgan fingerprint density at radius 3 is 2.52 bits per heavy atom. The van der Waals surface area contributed by atoms with Gasteiger partial charge in [-0.15, -0.1) is 0 Å². The van der Waals surface area contributed by atoms with Crippen LogP contribution < -0.4 is 10.6 Å². The van der Waals surface area contributed by atoms with Crippen LogP contribution in [0.5, 0.6) is 0 Å². The van der Waals surface area contributed by atoms with Crippen LogP contribution in [0.4, 0.5) is 0 Å². The number of ether oxygens (including phenoxy) is 2. The molecule has 1 atom stereocenters. The highest BCUT2D eigenvalue weighted by molar-refractivity contribution is 6.38. The zero-order valence-electron chi connectivity index (χ0n) is 17.5. The Morgan fingerprint density at radius 2 is 1.68 bits per heavy atom. The maximum atomic E-state index is 12.9. The van der Waals surface area contributed by atoms with Crippen molar-refractivity contribution in [2.45, 2.75) is 38.5 Å². The number of ketones is 1. The molecule has 2 aromatic carbocycles. The monoisotopic (exact) mass is 424 g/mol. The van der Waals surface area contributed by atoms with Crippen molar-refractivity contribution in [3.8, 4) is 0 Å². The van der Waals surface area contributed by atoms with E-state index < -0.39 is 17.7 Å². The summed E-state index contributed by atoms with van der Waals surface area (Å²) in [5, 5.41) is 5.41. The molecule has 1 unspecified atom stereocenters. The van der Waals surface area contributed by atoms with Crippen molar-refractivity contribution in [1.29, 1.82) is 0 Å². The summed E-state index contributed by atoms with van der Waals surface area (Å²) in [6.07, 6.45) is 1.73. The molecule has 2 N–H and O–H groups in total. The van der Waals surface area contributed by atoms with Crippen LogP contribution in [0.2, 0.25) is 0 Å². The number of hydrogen-bond donors (Lipinski definition) is 2. The minimum absolute atomic E-state index is 0.250. The van der Waals surface area contributed by atoms with Gasteiger partial charge < -0.3 is 20.1 Å². The van der Waals surface area contributed by atoms with Gasteiger partial charge in [0, 0.05) is 18.7 Å². The minimum atomic E-state index is -0.903. The maximum Gasteiger partial charge on any atom is 0.289 e.